The minimum atomic E-state index is -0.904. The summed E-state index contributed by atoms with van der Waals surface area (Å²) < 4.78 is 5.80. The molecule has 5 heteroatoms. The fraction of sp³-hybridized carbons (Fsp3) is 0.556. The van der Waals surface area contributed by atoms with Crippen molar-refractivity contribution in [2.24, 2.45) is 0 Å². The van der Waals surface area contributed by atoms with E-state index < -0.39 is 17.0 Å². The molecule has 0 unspecified atom stereocenters. The van der Waals surface area contributed by atoms with E-state index in [0.717, 1.165) is 24.8 Å². The third kappa shape index (κ3) is 2.38. The Bertz CT molecular complexity index is 659. The van der Waals surface area contributed by atoms with E-state index in [2.05, 4.69) is 0 Å². The summed E-state index contributed by atoms with van der Waals surface area (Å²) >= 11 is 0. The molecule has 1 aromatic rings. The fourth-order valence-electron chi connectivity index (χ4n) is 3.78. The highest BCUT2D eigenvalue weighted by Gasteiger charge is 2.44. The Morgan fingerprint density at radius 1 is 1.22 bits per heavy atom. The molecule has 0 bridgehead atoms. The van der Waals surface area contributed by atoms with Crippen LogP contribution < -0.4 is 9.64 Å². The van der Waals surface area contributed by atoms with Crippen LogP contribution in [0.15, 0.2) is 18.2 Å². The van der Waals surface area contributed by atoms with Gasteiger partial charge in [-0.15, -0.1) is 0 Å². The SMILES string of the molecule is CN1C(=O)C(C)(C)Oc2ccc(C3(C(=O)O)CCCCC3)cc21. The first kappa shape index (κ1) is 15.8. The summed E-state index contributed by atoms with van der Waals surface area (Å²) in [7, 11) is 1.71. The van der Waals surface area contributed by atoms with Gasteiger partial charge in [0.05, 0.1) is 11.1 Å². The van der Waals surface area contributed by atoms with Gasteiger partial charge in [-0.25, -0.2) is 0 Å². The van der Waals surface area contributed by atoms with Gasteiger partial charge < -0.3 is 14.7 Å². The average Bonchev–Trinajstić information content (AvgIpc) is 2.53. The van der Waals surface area contributed by atoms with Crippen molar-refractivity contribution in [3.63, 3.8) is 0 Å². The first-order chi connectivity index (χ1) is 10.8. The molecule has 1 aliphatic carbocycles. The number of fused-ring (bicyclic) bond motifs is 1. The van der Waals surface area contributed by atoms with Crippen molar-refractivity contribution in [3.05, 3.63) is 23.8 Å². The number of likely N-dealkylation sites (N-methyl/N-ethyl adjacent to an activating group) is 1. The minimum absolute atomic E-state index is 0.129. The van der Waals surface area contributed by atoms with Crippen LogP contribution in [0, 0.1) is 0 Å². The Balaban J connectivity index is 2.07. The lowest BCUT2D eigenvalue weighted by Crippen LogP contribution is -2.51. The Hall–Kier alpha value is -2.04. The molecule has 1 heterocycles. The first-order valence-electron chi connectivity index (χ1n) is 8.13. The van der Waals surface area contributed by atoms with E-state index in [0.29, 0.717) is 24.3 Å². The van der Waals surface area contributed by atoms with E-state index in [4.69, 9.17) is 4.74 Å². The van der Waals surface area contributed by atoms with Gasteiger partial charge in [0.2, 0.25) is 0 Å². The topological polar surface area (TPSA) is 66.8 Å². The molecule has 1 fully saturated rings. The molecular formula is C18H23NO4. The van der Waals surface area contributed by atoms with Gasteiger partial charge in [0, 0.05) is 7.05 Å². The summed E-state index contributed by atoms with van der Waals surface area (Å²) in [5.74, 6) is -0.282. The maximum atomic E-state index is 12.4. The zero-order chi connectivity index (χ0) is 16.8. The van der Waals surface area contributed by atoms with Gasteiger partial charge in [-0.05, 0) is 44.4 Å². The van der Waals surface area contributed by atoms with Crippen LogP contribution in [0.3, 0.4) is 0 Å². The summed E-state index contributed by atoms with van der Waals surface area (Å²) in [5.41, 5.74) is -0.327. The fourth-order valence-corrected chi connectivity index (χ4v) is 3.78. The van der Waals surface area contributed by atoms with E-state index in [1.807, 2.05) is 12.1 Å². The van der Waals surface area contributed by atoms with Crippen LogP contribution in [-0.4, -0.2) is 29.6 Å². The summed E-state index contributed by atoms with van der Waals surface area (Å²) in [6.07, 6.45) is 4.20. The molecule has 0 spiro atoms. The molecule has 124 valence electrons. The van der Waals surface area contributed by atoms with Gasteiger partial charge in [-0.1, -0.05) is 25.3 Å². The van der Waals surface area contributed by atoms with Crippen LogP contribution in [0.4, 0.5) is 5.69 Å². The molecule has 2 aliphatic rings. The second kappa shape index (κ2) is 5.25. The van der Waals surface area contributed by atoms with Crippen molar-refractivity contribution >= 4 is 17.6 Å². The van der Waals surface area contributed by atoms with Crippen LogP contribution in [-0.2, 0) is 15.0 Å². The number of hydrogen-bond donors (Lipinski definition) is 1. The van der Waals surface area contributed by atoms with Crippen LogP contribution in [0.2, 0.25) is 0 Å². The van der Waals surface area contributed by atoms with E-state index in [9.17, 15) is 14.7 Å². The van der Waals surface area contributed by atoms with Crippen LogP contribution >= 0.6 is 0 Å². The molecule has 0 atom stereocenters. The van der Waals surface area contributed by atoms with Crippen molar-refractivity contribution in [2.75, 3.05) is 11.9 Å². The predicted octanol–water partition coefficient (Wildman–Crippen LogP) is 3.11. The van der Waals surface area contributed by atoms with Crippen molar-refractivity contribution in [1.29, 1.82) is 0 Å². The van der Waals surface area contributed by atoms with Crippen LogP contribution in [0.25, 0.3) is 0 Å². The molecular weight excluding hydrogens is 294 g/mol. The largest absolute Gasteiger partial charge is 0.481 e. The number of rotatable bonds is 2. The number of ether oxygens (including phenoxy) is 1. The van der Waals surface area contributed by atoms with Gasteiger partial charge in [0.15, 0.2) is 5.60 Å². The number of amides is 1. The second-order valence-corrected chi connectivity index (χ2v) is 7.11. The highest BCUT2D eigenvalue weighted by Crippen LogP contribution is 2.44. The molecule has 0 saturated heterocycles. The number of anilines is 1. The molecule has 1 saturated carbocycles. The Kier molecular flexibility index (Phi) is 3.62. The molecule has 0 radical (unpaired) electrons. The number of carbonyl (C=O) groups excluding carboxylic acids is 1. The summed E-state index contributed by atoms with van der Waals surface area (Å²) in [6, 6.07) is 5.47. The van der Waals surface area contributed by atoms with Crippen molar-refractivity contribution in [2.45, 2.75) is 57.0 Å². The quantitative estimate of drug-likeness (QED) is 0.910. The van der Waals surface area contributed by atoms with Crippen molar-refractivity contribution in [1.82, 2.24) is 0 Å². The van der Waals surface area contributed by atoms with E-state index in [1.54, 1.807) is 31.9 Å². The molecule has 1 N–H and O–H groups in total. The zero-order valence-electron chi connectivity index (χ0n) is 13.9. The molecule has 1 aliphatic heterocycles. The molecule has 5 nitrogen and oxygen atoms in total. The normalized spacial score (nSPS) is 22.2. The molecule has 1 aromatic carbocycles. The van der Waals surface area contributed by atoms with E-state index >= 15 is 0 Å². The Labute approximate surface area is 136 Å². The van der Waals surface area contributed by atoms with E-state index in [-0.39, 0.29) is 5.91 Å². The van der Waals surface area contributed by atoms with Crippen molar-refractivity contribution < 1.29 is 19.4 Å². The number of carbonyl (C=O) groups is 2. The third-order valence-corrected chi connectivity index (χ3v) is 5.17. The van der Waals surface area contributed by atoms with Gasteiger partial charge >= 0.3 is 5.97 Å². The molecule has 23 heavy (non-hydrogen) atoms. The Morgan fingerprint density at radius 3 is 2.48 bits per heavy atom. The van der Waals surface area contributed by atoms with Gasteiger partial charge in [0.25, 0.3) is 5.91 Å². The lowest BCUT2D eigenvalue weighted by molar-refractivity contribution is -0.145. The number of hydrogen-bond acceptors (Lipinski definition) is 3. The molecule has 0 aromatic heterocycles. The number of benzene rings is 1. The summed E-state index contributed by atoms with van der Waals surface area (Å²) in [6.45, 7) is 3.48. The number of aliphatic carboxylic acids is 1. The van der Waals surface area contributed by atoms with Crippen molar-refractivity contribution in [3.8, 4) is 5.75 Å². The lowest BCUT2D eigenvalue weighted by Gasteiger charge is -2.39. The standard InChI is InChI=1S/C18H23NO4/c1-17(2)15(20)19(3)13-11-12(7-8-14(13)23-17)18(16(21)22)9-5-4-6-10-18/h7-8,11H,4-6,9-10H2,1-3H3,(H,21,22). The smallest absolute Gasteiger partial charge is 0.314 e. The number of carboxylic acid groups (broad SMARTS) is 1. The zero-order valence-corrected chi connectivity index (χ0v) is 13.9. The predicted molar refractivity (Wildman–Crippen MR) is 87.0 cm³/mol. The van der Waals surface area contributed by atoms with Gasteiger partial charge in [0.1, 0.15) is 5.75 Å². The lowest BCUT2D eigenvalue weighted by atomic mass is 9.69. The minimum Gasteiger partial charge on any atom is -0.481 e. The monoisotopic (exact) mass is 317 g/mol. The van der Waals surface area contributed by atoms with Crippen LogP contribution in [0.1, 0.15) is 51.5 Å². The first-order valence-corrected chi connectivity index (χ1v) is 8.13. The molecule has 1 amide bonds. The molecule has 3 rings (SSSR count). The third-order valence-electron chi connectivity index (χ3n) is 5.17. The van der Waals surface area contributed by atoms with Crippen LogP contribution in [0.5, 0.6) is 5.75 Å². The highest BCUT2D eigenvalue weighted by molar-refractivity contribution is 6.02. The second-order valence-electron chi connectivity index (χ2n) is 7.11. The summed E-state index contributed by atoms with van der Waals surface area (Å²) in [5, 5.41) is 9.84. The van der Waals surface area contributed by atoms with Gasteiger partial charge in [-0.2, -0.15) is 0 Å². The highest BCUT2D eigenvalue weighted by atomic mass is 16.5. The maximum Gasteiger partial charge on any atom is 0.314 e. The van der Waals surface area contributed by atoms with E-state index in [1.165, 1.54) is 0 Å². The number of nitrogens with zero attached hydrogens (tertiary/aromatic N) is 1. The number of carboxylic acids is 1. The summed E-state index contributed by atoms with van der Waals surface area (Å²) in [4.78, 5) is 25.9. The maximum absolute atomic E-state index is 12.4. The Morgan fingerprint density at radius 2 is 1.87 bits per heavy atom. The van der Waals surface area contributed by atoms with Gasteiger partial charge in [-0.3, -0.25) is 9.59 Å². The average molecular weight is 317 g/mol.